The van der Waals surface area contributed by atoms with E-state index in [1.807, 2.05) is 0 Å². The van der Waals surface area contributed by atoms with Gasteiger partial charge >= 0.3 is 0 Å². The number of morpholine rings is 1. The number of ether oxygens (including phenoxy) is 2. The lowest BCUT2D eigenvalue weighted by atomic mass is 10.2. The normalized spacial score (nSPS) is 16.6. The smallest absolute Gasteiger partial charge is 0.268 e. The summed E-state index contributed by atoms with van der Waals surface area (Å²) in [5.74, 6) is 0.306. The number of aromatic nitrogens is 3. The van der Waals surface area contributed by atoms with Crippen LogP contribution in [0.25, 0.3) is 0 Å². The van der Waals surface area contributed by atoms with Gasteiger partial charge in [-0.05, 0) is 12.5 Å². The molecule has 0 radical (unpaired) electrons. The molecule has 1 fully saturated rings. The molecule has 3 heterocycles. The van der Waals surface area contributed by atoms with E-state index in [9.17, 15) is 10.1 Å². The van der Waals surface area contributed by atoms with Gasteiger partial charge in [0.1, 0.15) is 11.6 Å². The van der Waals surface area contributed by atoms with Crippen LogP contribution >= 0.6 is 0 Å². The van der Waals surface area contributed by atoms with Crippen molar-refractivity contribution in [3.8, 4) is 11.9 Å². The maximum Gasteiger partial charge on any atom is 0.268 e. The molecule has 0 amide bonds. The molecular formula is C18H22N6O3. The SMILES string of the molecule is COc1nccc(NCC[C@@H]2CN(c3cnn(C)c(=O)c3)CCO2)c1C#N. The van der Waals surface area contributed by atoms with E-state index < -0.39 is 0 Å². The number of pyridine rings is 1. The summed E-state index contributed by atoms with van der Waals surface area (Å²) in [6.07, 6.45) is 4.07. The third-order valence-corrected chi connectivity index (χ3v) is 4.46. The van der Waals surface area contributed by atoms with Gasteiger partial charge < -0.3 is 19.7 Å². The van der Waals surface area contributed by atoms with Gasteiger partial charge in [-0.2, -0.15) is 10.4 Å². The molecular weight excluding hydrogens is 348 g/mol. The van der Waals surface area contributed by atoms with Crippen molar-refractivity contribution in [2.24, 2.45) is 7.05 Å². The Labute approximate surface area is 157 Å². The van der Waals surface area contributed by atoms with Gasteiger partial charge in [-0.1, -0.05) is 0 Å². The molecule has 0 aliphatic carbocycles. The third-order valence-electron chi connectivity index (χ3n) is 4.46. The highest BCUT2D eigenvalue weighted by molar-refractivity contribution is 5.61. The van der Waals surface area contributed by atoms with Crippen molar-refractivity contribution in [1.82, 2.24) is 14.8 Å². The third kappa shape index (κ3) is 4.35. The molecule has 2 aromatic heterocycles. The summed E-state index contributed by atoms with van der Waals surface area (Å²) in [7, 11) is 3.12. The Balaban J connectivity index is 1.58. The minimum atomic E-state index is -0.132. The average Bonchev–Trinajstić information content (AvgIpc) is 2.70. The van der Waals surface area contributed by atoms with E-state index in [2.05, 4.69) is 26.4 Å². The Morgan fingerprint density at radius 3 is 3.11 bits per heavy atom. The summed E-state index contributed by atoms with van der Waals surface area (Å²) < 4.78 is 12.3. The minimum Gasteiger partial charge on any atom is -0.480 e. The van der Waals surface area contributed by atoms with E-state index in [-0.39, 0.29) is 11.7 Å². The second kappa shape index (κ2) is 8.51. The Morgan fingerprint density at radius 2 is 2.37 bits per heavy atom. The van der Waals surface area contributed by atoms with Crippen LogP contribution in [0.2, 0.25) is 0 Å². The minimum absolute atomic E-state index is 0.0181. The van der Waals surface area contributed by atoms with E-state index in [0.717, 1.165) is 18.7 Å². The first-order chi connectivity index (χ1) is 13.1. The summed E-state index contributed by atoms with van der Waals surface area (Å²) in [5, 5.41) is 16.6. The molecule has 0 aromatic carbocycles. The number of nitriles is 1. The highest BCUT2D eigenvalue weighted by Gasteiger charge is 2.21. The lowest BCUT2D eigenvalue weighted by molar-refractivity contribution is 0.0375. The molecule has 1 saturated heterocycles. The van der Waals surface area contributed by atoms with Gasteiger partial charge in [-0.3, -0.25) is 4.79 Å². The van der Waals surface area contributed by atoms with Gasteiger partial charge in [0, 0.05) is 38.9 Å². The molecule has 0 spiro atoms. The van der Waals surface area contributed by atoms with Crippen molar-refractivity contribution in [2.45, 2.75) is 12.5 Å². The monoisotopic (exact) mass is 370 g/mol. The van der Waals surface area contributed by atoms with Gasteiger partial charge in [-0.15, -0.1) is 0 Å². The maximum atomic E-state index is 11.8. The molecule has 1 N–H and O–H groups in total. The number of hydrogen-bond acceptors (Lipinski definition) is 8. The summed E-state index contributed by atoms with van der Waals surface area (Å²) in [6, 6.07) is 5.46. The lowest BCUT2D eigenvalue weighted by Crippen LogP contribution is -2.43. The molecule has 0 bridgehead atoms. The van der Waals surface area contributed by atoms with Gasteiger partial charge in [0.2, 0.25) is 5.88 Å². The van der Waals surface area contributed by atoms with Crippen LogP contribution in [0.4, 0.5) is 11.4 Å². The highest BCUT2D eigenvalue weighted by atomic mass is 16.5. The standard InChI is InChI=1S/C18H22N6O3/c1-23-17(25)9-13(11-22-23)24-7-8-27-14(12-24)3-5-20-16-4-6-21-18(26-2)15(16)10-19/h4,6,9,11,14H,3,5,7-8,12H2,1-2H3,(H,20,21)/t14-/m1/s1. The maximum absolute atomic E-state index is 11.8. The van der Waals surface area contributed by atoms with Crippen LogP contribution in [0, 0.1) is 11.3 Å². The molecule has 9 heteroatoms. The summed E-state index contributed by atoms with van der Waals surface area (Å²) >= 11 is 0. The summed E-state index contributed by atoms with van der Waals surface area (Å²) in [4.78, 5) is 17.9. The van der Waals surface area contributed by atoms with Crippen LogP contribution in [-0.4, -0.2) is 54.2 Å². The van der Waals surface area contributed by atoms with Crippen LogP contribution in [0.3, 0.4) is 0 Å². The van der Waals surface area contributed by atoms with Crippen LogP contribution in [0.5, 0.6) is 5.88 Å². The van der Waals surface area contributed by atoms with Crippen molar-refractivity contribution in [3.05, 3.63) is 40.4 Å². The van der Waals surface area contributed by atoms with E-state index in [1.54, 1.807) is 31.6 Å². The van der Waals surface area contributed by atoms with E-state index in [1.165, 1.54) is 11.8 Å². The molecule has 3 rings (SSSR count). The molecule has 1 aliphatic rings. The van der Waals surface area contributed by atoms with Crippen LogP contribution < -0.4 is 20.5 Å². The number of anilines is 2. The number of rotatable bonds is 6. The van der Waals surface area contributed by atoms with Crippen LogP contribution in [0.15, 0.2) is 29.3 Å². The van der Waals surface area contributed by atoms with E-state index in [0.29, 0.717) is 36.8 Å². The van der Waals surface area contributed by atoms with E-state index >= 15 is 0 Å². The molecule has 1 atom stereocenters. The zero-order chi connectivity index (χ0) is 19.2. The lowest BCUT2D eigenvalue weighted by Gasteiger charge is -2.34. The van der Waals surface area contributed by atoms with Crippen molar-refractivity contribution in [2.75, 3.05) is 43.6 Å². The van der Waals surface area contributed by atoms with Crippen molar-refractivity contribution in [3.63, 3.8) is 0 Å². The van der Waals surface area contributed by atoms with Gasteiger partial charge in [0.15, 0.2) is 0 Å². The number of methoxy groups -OCH3 is 1. The second-order valence-corrected chi connectivity index (χ2v) is 6.18. The fourth-order valence-corrected chi connectivity index (χ4v) is 2.98. The fraction of sp³-hybridized carbons (Fsp3) is 0.444. The predicted octanol–water partition coefficient (Wildman–Crippen LogP) is 0.763. The number of aryl methyl sites for hydroxylation is 1. The van der Waals surface area contributed by atoms with Crippen LogP contribution in [-0.2, 0) is 11.8 Å². The van der Waals surface area contributed by atoms with E-state index in [4.69, 9.17) is 9.47 Å². The zero-order valence-corrected chi connectivity index (χ0v) is 15.4. The first-order valence-electron chi connectivity index (χ1n) is 8.69. The van der Waals surface area contributed by atoms with Gasteiger partial charge in [-0.25, -0.2) is 9.67 Å². The summed E-state index contributed by atoms with van der Waals surface area (Å²) in [5.41, 5.74) is 1.75. The van der Waals surface area contributed by atoms with Crippen molar-refractivity contribution < 1.29 is 9.47 Å². The molecule has 142 valence electrons. The van der Waals surface area contributed by atoms with Crippen LogP contribution in [0.1, 0.15) is 12.0 Å². The topological polar surface area (TPSA) is 105 Å². The Hall–Kier alpha value is -3.12. The van der Waals surface area contributed by atoms with Crippen molar-refractivity contribution >= 4 is 11.4 Å². The Bertz CT molecular complexity index is 891. The molecule has 27 heavy (non-hydrogen) atoms. The molecule has 0 saturated carbocycles. The first kappa shape index (κ1) is 18.7. The van der Waals surface area contributed by atoms with Crippen molar-refractivity contribution in [1.29, 1.82) is 5.26 Å². The zero-order valence-electron chi connectivity index (χ0n) is 15.4. The van der Waals surface area contributed by atoms with Gasteiger partial charge in [0.05, 0.1) is 37.4 Å². The average molecular weight is 370 g/mol. The fourth-order valence-electron chi connectivity index (χ4n) is 2.98. The predicted molar refractivity (Wildman–Crippen MR) is 100 cm³/mol. The summed E-state index contributed by atoms with van der Waals surface area (Å²) in [6.45, 7) is 2.63. The number of nitrogens with one attached hydrogen (secondary N) is 1. The Morgan fingerprint density at radius 1 is 1.52 bits per heavy atom. The molecule has 1 aliphatic heterocycles. The first-order valence-corrected chi connectivity index (χ1v) is 8.69. The highest BCUT2D eigenvalue weighted by Crippen LogP contribution is 2.23. The Kier molecular flexibility index (Phi) is 5.88. The quantitative estimate of drug-likeness (QED) is 0.795. The number of hydrogen-bond donors (Lipinski definition) is 1. The molecule has 9 nitrogen and oxygen atoms in total. The second-order valence-electron chi connectivity index (χ2n) is 6.18. The number of nitrogens with zero attached hydrogens (tertiary/aromatic N) is 5. The largest absolute Gasteiger partial charge is 0.480 e. The molecule has 0 unspecified atom stereocenters. The van der Waals surface area contributed by atoms with Gasteiger partial charge in [0.25, 0.3) is 5.56 Å². The molecule has 2 aromatic rings.